The normalized spacial score (nSPS) is 10.2. The van der Waals surface area contributed by atoms with Crippen LogP contribution in [0.3, 0.4) is 0 Å². The van der Waals surface area contributed by atoms with Crippen molar-refractivity contribution in [3.8, 4) is 0 Å². The molecule has 0 aromatic heterocycles. The molecule has 2 nitrogen and oxygen atoms in total. The zero-order valence-electron chi connectivity index (χ0n) is 6.76. The first-order chi connectivity index (χ1) is 5.77. The van der Waals surface area contributed by atoms with Gasteiger partial charge in [-0.05, 0) is 29.7 Å². The Morgan fingerprint density at radius 2 is 2.08 bits per heavy atom. The minimum absolute atomic E-state index is 0.132. The first kappa shape index (κ1) is 9.52. The van der Waals surface area contributed by atoms with Crippen molar-refractivity contribution in [3.63, 3.8) is 0 Å². The summed E-state index contributed by atoms with van der Waals surface area (Å²) < 4.78 is 0. The van der Waals surface area contributed by atoms with Gasteiger partial charge in [0.1, 0.15) is 0 Å². The van der Waals surface area contributed by atoms with E-state index in [2.05, 4.69) is 0 Å². The molecule has 1 aromatic rings. The summed E-state index contributed by atoms with van der Waals surface area (Å²) in [5.41, 5.74) is 7.59. The minimum atomic E-state index is 0.132. The van der Waals surface area contributed by atoms with E-state index in [9.17, 15) is 0 Å². The van der Waals surface area contributed by atoms with E-state index in [0.29, 0.717) is 18.0 Å². The predicted octanol–water partition coefficient (Wildman–Crippen LogP) is 1.33. The number of halogens is 1. The second-order valence-electron chi connectivity index (χ2n) is 2.59. The monoisotopic (exact) mass is 185 g/mol. The molecule has 3 heteroatoms. The van der Waals surface area contributed by atoms with Gasteiger partial charge in [0.2, 0.25) is 0 Å². The topological polar surface area (TPSA) is 46.2 Å². The summed E-state index contributed by atoms with van der Waals surface area (Å²) in [5.74, 6) is 0. The Hall–Kier alpha value is -0.570. The standard InChI is InChI=1S/C9H12ClNO/c10-9-2-1-8(6-11)7(5-9)3-4-12/h1-2,5,12H,3-4,6,11H2. The van der Waals surface area contributed by atoms with E-state index < -0.39 is 0 Å². The van der Waals surface area contributed by atoms with E-state index in [1.54, 1.807) is 0 Å². The Balaban J connectivity index is 2.95. The van der Waals surface area contributed by atoms with Gasteiger partial charge in [-0.3, -0.25) is 0 Å². The van der Waals surface area contributed by atoms with E-state index in [4.69, 9.17) is 22.4 Å². The Morgan fingerprint density at radius 1 is 1.33 bits per heavy atom. The van der Waals surface area contributed by atoms with Gasteiger partial charge in [-0.15, -0.1) is 0 Å². The lowest BCUT2D eigenvalue weighted by atomic mass is 10.1. The Morgan fingerprint density at radius 3 is 2.67 bits per heavy atom. The summed E-state index contributed by atoms with van der Waals surface area (Å²) in [4.78, 5) is 0. The fourth-order valence-electron chi connectivity index (χ4n) is 1.15. The summed E-state index contributed by atoms with van der Waals surface area (Å²) in [6, 6.07) is 5.55. The highest BCUT2D eigenvalue weighted by Gasteiger charge is 2.00. The van der Waals surface area contributed by atoms with Crippen molar-refractivity contribution < 1.29 is 5.11 Å². The summed E-state index contributed by atoms with van der Waals surface area (Å²) in [6.45, 7) is 0.625. The largest absolute Gasteiger partial charge is 0.396 e. The number of hydrogen-bond donors (Lipinski definition) is 2. The molecule has 0 spiro atoms. The van der Waals surface area contributed by atoms with Gasteiger partial charge in [0, 0.05) is 18.2 Å². The maximum atomic E-state index is 8.75. The quantitative estimate of drug-likeness (QED) is 0.747. The Kier molecular flexibility index (Phi) is 3.53. The lowest BCUT2D eigenvalue weighted by molar-refractivity contribution is 0.299. The predicted molar refractivity (Wildman–Crippen MR) is 50.1 cm³/mol. The average Bonchev–Trinajstić information content (AvgIpc) is 2.05. The molecule has 1 rings (SSSR count). The first-order valence-corrected chi connectivity index (χ1v) is 4.24. The second kappa shape index (κ2) is 4.45. The molecule has 0 radical (unpaired) electrons. The molecule has 0 bridgehead atoms. The molecule has 0 unspecified atom stereocenters. The van der Waals surface area contributed by atoms with Crippen molar-refractivity contribution in [3.05, 3.63) is 34.3 Å². The number of nitrogens with two attached hydrogens (primary N) is 1. The maximum absolute atomic E-state index is 8.75. The van der Waals surface area contributed by atoms with Gasteiger partial charge in [-0.2, -0.15) is 0 Å². The van der Waals surface area contributed by atoms with Crippen molar-refractivity contribution in [2.75, 3.05) is 6.61 Å². The summed E-state index contributed by atoms with van der Waals surface area (Å²) in [5, 5.41) is 9.44. The number of aliphatic hydroxyl groups is 1. The maximum Gasteiger partial charge on any atom is 0.0471 e. The molecule has 0 heterocycles. The van der Waals surface area contributed by atoms with Crippen LogP contribution in [0.25, 0.3) is 0 Å². The van der Waals surface area contributed by atoms with E-state index in [-0.39, 0.29) is 6.61 Å². The van der Waals surface area contributed by atoms with Crippen molar-refractivity contribution >= 4 is 11.6 Å². The van der Waals surface area contributed by atoms with Crippen LogP contribution in [0, 0.1) is 0 Å². The van der Waals surface area contributed by atoms with Gasteiger partial charge in [0.05, 0.1) is 0 Å². The molecular formula is C9H12ClNO. The zero-order valence-corrected chi connectivity index (χ0v) is 7.51. The SMILES string of the molecule is NCc1ccc(Cl)cc1CCO. The lowest BCUT2D eigenvalue weighted by Crippen LogP contribution is -2.03. The van der Waals surface area contributed by atoms with Crippen LogP contribution in [0.15, 0.2) is 18.2 Å². The minimum Gasteiger partial charge on any atom is -0.396 e. The third-order valence-electron chi connectivity index (χ3n) is 1.77. The Bertz CT molecular complexity index is 263. The van der Waals surface area contributed by atoms with Crippen molar-refractivity contribution in [2.24, 2.45) is 5.73 Å². The highest BCUT2D eigenvalue weighted by atomic mass is 35.5. The van der Waals surface area contributed by atoms with E-state index in [1.165, 1.54) is 0 Å². The van der Waals surface area contributed by atoms with E-state index in [1.807, 2.05) is 18.2 Å². The first-order valence-electron chi connectivity index (χ1n) is 3.86. The number of rotatable bonds is 3. The molecular weight excluding hydrogens is 174 g/mol. The molecule has 0 aliphatic carbocycles. The molecule has 0 aliphatic heterocycles. The Labute approximate surface area is 77.0 Å². The molecule has 1 aromatic carbocycles. The summed E-state index contributed by atoms with van der Waals surface area (Å²) in [7, 11) is 0. The highest BCUT2D eigenvalue weighted by Crippen LogP contribution is 2.15. The van der Waals surface area contributed by atoms with Gasteiger partial charge in [-0.1, -0.05) is 17.7 Å². The molecule has 0 saturated heterocycles. The average molecular weight is 186 g/mol. The molecule has 0 saturated carbocycles. The van der Waals surface area contributed by atoms with Gasteiger partial charge < -0.3 is 10.8 Å². The third kappa shape index (κ3) is 2.21. The lowest BCUT2D eigenvalue weighted by Gasteiger charge is -2.05. The van der Waals surface area contributed by atoms with E-state index >= 15 is 0 Å². The fraction of sp³-hybridized carbons (Fsp3) is 0.333. The molecule has 0 atom stereocenters. The molecule has 66 valence electrons. The van der Waals surface area contributed by atoms with E-state index in [0.717, 1.165) is 11.1 Å². The van der Waals surface area contributed by atoms with Gasteiger partial charge in [-0.25, -0.2) is 0 Å². The van der Waals surface area contributed by atoms with Crippen LogP contribution in [0.1, 0.15) is 11.1 Å². The van der Waals surface area contributed by atoms with Crippen molar-refractivity contribution in [1.82, 2.24) is 0 Å². The van der Waals surface area contributed by atoms with Crippen LogP contribution in [-0.4, -0.2) is 11.7 Å². The van der Waals surface area contributed by atoms with Crippen LogP contribution < -0.4 is 5.73 Å². The van der Waals surface area contributed by atoms with Crippen molar-refractivity contribution in [2.45, 2.75) is 13.0 Å². The van der Waals surface area contributed by atoms with Crippen LogP contribution in [0.2, 0.25) is 5.02 Å². The fourth-order valence-corrected chi connectivity index (χ4v) is 1.34. The molecule has 0 aliphatic rings. The van der Waals surface area contributed by atoms with Crippen LogP contribution in [0.5, 0.6) is 0 Å². The summed E-state index contributed by atoms with van der Waals surface area (Å²) in [6.07, 6.45) is 0.618. The van der Waals surface area contributed by atoms with Gasteiger partial charge in [0.15, 0.2) is 0 Å². The molecule has 12 heavy (non-hydrogen) atoms. The van der Waals surface area contributed by atoms with Crippen LogP contribution in [0.4, 0.5) is 0 Å². The number of benzene rings is 1. The number of aliphatic hydroxyl groups excluding tert-OH is 1. The highest BCUT2D eigenvalue weighted by molar-refractivity contribution is 6.30. The molecule has 0 fully saturated rings. The molecule has 3 N–H and O–H groups in total. The smallest absolute Gasteiger partial charge is 0.0471 e. The third-order valence-corrected chi connectivity index (χ3v) is 2.00. The summed E-state index contributed by atoms with van der Waals surface area (Å²) >= 11 is 5.79. The zero-order chi connectivity index (χ0) is 8.97. The van der Waals surface area contributed by atoms with Gasteiger partial charge in [0.25, 0.3) is 0 Å². The van der Waals surface area contributed by atoms with Crippen molar-refractivity contribution in [1.29, 1.82) is 0 Å². The molecule has 0 amide bonds. The number of hydrogen-bond acceptors (Lipinski definition) is 2. The van der Waals surface area contributed by atoms with Crippen LogP contribution in [-0.2, 0) is 13.0 Å². The van der Waals surface area contributed by atoms with Crippen LogP contribution >= 0.6 is 11.6 Å². The van der Waals surface area contributed by atoms with Gasteiger partial charge >= 0.3 is 0 Å². The second-order valence-corrected chi connectivity index (χ2v) is 3.03.